The van der Waals surface area contributed by atoms with E-state index in [1.807, 2.05) is 13.0 Å². The quantitative estimate of drug-likeness (QED) is 0.867. The van der Waals surface area contributed by atoms with Gasteiger partial charge in [-0.25, -0.2) is 4.79 Å². The molecule has 5 heteroatoms. The van der Waals surface area contributed by atoms with Gasteiger partial charge in [-0.15, -0.1) is 0 Å². The second-order valence-electron chi connectivity index (χ2n) is 4.42. The predicted octanol–water partition coefficient (Wildman–Crippen LogP) is 4.61. The van der Waals surface area contributed by atoms with Crippen molar-refractivity contribution in [3.63, 3.8) is 0 Å². The zero-order chi connectivity index (χ0) is 14.7. The van der Waals surface area contributed by atoms with E-state index in [2.05, 4.69) is 5.32 Å². The number of carboxylic acid groups (broad SMARTS) is 1. The molecule has 0 heterocycles. The third-order valence-electron chi connectivity index (χ3n) is 2.97. The first-order valence-electron chi connectivity index (χ1n) is 5.99. The normalized spacial score (nSPS) is 10.3. The minimum atomic E-state index is -0.947. The molecule has 0 bridgehead atoms. The van der Waals surface area contributed by atoms with E-state index in [0.717, 1.165) is 16.8 Å². The molecule has 3 nitrogen and oxygen atoms in total. The number of anilines is 1. The average molecular weight is 310 g/mol. The zero-order valence-corrected chi connectivity index (χ0v) is 12.3. The average Bonchev–Trinajstić information content (AvgIpc) is 2.39. The second kappa shape index (κ2) is 6.16. The lowest BCUT2D eigenvalue weighted by Gasteiger charge is -2.11. The summed E-state index contributed by atoms with van der Waals surface area (Å²) in [5, 5.41) is 13.4. The molecule has 104 valence electrons. The third-order valence-corrected chi connectivity index (χ3v) is 3.56. The van der Waals surface area contributed by atoms with Crippen molar-refractivity contribution >= 4 is 34.9 Å². The Morgan fingerprint density at radius 3 is 2.60 bits per heavy atom. The second-order valence-corrected chi connectivity index (χ2v) is 5.27. The molecule has 2 N–H and O–H groups in total. The maximum atomic E-state index is 11.0. The van der Waals surface area contributed by atoms with Crippen LogP contribution in [-0.4, -0.2) is 11.1 Å². The first-order valence-corrected chi connectivity index (χ1v) is 6.74. The molecular weight excluding hydrogens is 297 g/mol. The highest BCUT2D eigenvalue weighted by molar-refractivity contribution is 6.35. The monoisotopic (exact) mass is 309 g/mol. The number of carbonyl (C=O) groups is 1. The van der Waals surface area contributed by atoms with Crippen LogP contribution in [0.5, 0.6) is 0 Å². The molecule has 0 amide bonds. The Morgan fingerprint density at radius 1 is 1.20 bits per heavy atom. The van der Waals surface area contributed by atoms with Gasteiger partial charge >= 0.3 is 5.97 Å². The predicted molar refractivity (Wildman–Crippen MR) is 81.9 cm³/mol. The van der Waals surface area contributed by atoms with Crippen LogP contribution in [0.2, 0.25) is 10.0 Å². The molecule has 0 aromatic heterocycles. The van der Waals surface area contributed by atoms with Gasteiger partial charge in [0.25, 0.3) is 0 Å². The van der Waals surface area contributed by atoms with Gasteiger partial charge < -0.3 is 10.4 Å². The van der Waals surface area contributed by atoms with Crippen LogP contribution in [0.15, 0.2) is 36.4 Å². The number of aromatic carboxylic acids is 1. The summed E-state index contributed by atoms with van der Waals surface area (Å²) < 4.78 is 0. The summed E-state index contributed by atoms with van der Waals surface area (Å²) in [5.41, 5.74) is 2.90. The van der Waals surface area contributed by atoms with Gasteiger partial charge in [0.15, 0.2) is 0 Å². The fraction of sp³-hybridized carbons (Fsp3) is 0.133. The van der Waals surface area contributed by atoms with Crippen molar-refractivity contribution in [2.45, 2.75) is 13.5 Å². The lowest BCUT2D eigenvalue weighted by atomic mass is 10.1. The molecule has 0 radical (unpaired) electrons. The summed E-state index contributed by atoms with van der Waals surface area (Å²) in [4.78, 5) is 11.0. The van der Waals surface area contributed by atoms with Crippen LogP contribution in [-0.2, 0) is 6.54 Å². The van der Waals surface area contributed by atoms with Gasteiger partial charge in [0.1, 0.15) is 0 Å². The standard InChI is InChI=1S/C15H13Cl2NO2/c1-9-2-3-10(15(19)20)6-14(9)18-8-11-4-5-12(16)7-13(11)17/h2-7,18H,8H2,1H3,(H,19,20). The Morgan fingerprint density at radius 2 is 1.95 bits per heavy atom. The van der Waals surface area contributed by atoms with Crippen LogP contribution in [0, 0.1) is 6.92 Å². The fourth-order valence-corrected chi connectivity index (χ4v) is 2.28. The Bertz CT molecular complexity index is 656. The van der Waals surface area contributed by atoms with E-state index in [1.54, 1.807) is 30.3 Å². The van der Waals surface area contributed by atoms with Crippen molar-refractivity contribution in [1.29, 1.82) is 0 Å². The molecular formula is C15H13Cl2NO2. The van der Waals surface area contributed by atoms with Gasteiger partial charge in [0.05, 0.1) is 5.56 Å². The first kappa shape index (κ1) is 14.7. The maximum absolute atomic E-state index is 11.0. The molecule has 2 rings (SSSR count). The van der Waals surface area contributed by atoms with Crippen molar-refractivity contribution in [2.24, 2.45) is 0 Å². The molecule has 2 aromatic carbocycles. The maximum Gasteiger partial charge on any atom is 0.335 e. The van der Waals surface area contributed by atoms with Gasteiger partial charge in [-0.3, -0.25) is 0 Å². The molecule has 2 aromatic rings. The van der Waals surface area contributed by atoms with E-state index in [-0.39, 0.29) is 5.56 Å². The zero-order valence-electron chi connectivity index (χ0n) is 10.8. The summed E-state index contributed by atoms with van der Waals surface area (Å²) in [5.74, 6) is -0.947. The van der Waals surface area contributed by atoms with Gasteiger partial charge in [-0.1, -0.05) is 35.3 Å². The van der Waals surface area contributed by atoms with E-state index in [9.17, 15) is 4.79 Å². The van der Waals surface area contributed by atoms with Crippen LogP contribution < -0.4 is 5.32 Å². The molecule has 0 atom stereocenters. The molecule has 0 unspecified atom stereocenters. The Labute approximate surface area is 127 Å². The van der Waals surface area contributed by atoms with E-state index < -0.39 is 5.97 Å². The van der Waals surface area contributed by atoms with Crippen molar-refractivity contribution in [3.8, 4) is 0 Å². The van der Waals surface area contributed by atoms with Crippen LogP contribution >= 0.6 is 23.2 Å². The molecule has 0 aliphatic heterocycles. The van der Waals surface area contributed by atoms with Gasteiger partial charge in [0.2, 0.25) is 0 Å². The Balaban J connectivity index is 2.18. The number of aryl methyl sites for hydroxylation is 1. The third kappa shape index (κ3) is 3.44. The van der Waals surface area contributed by atoms with Gasteiger partial charge in [0, 0.05) is 22.3 Å². The summed E-state index contributed by atoms with van der Waals surface area (Å²) in [6, 6.07) is 10.3. The number of hydrogen-bond donors (Lipinski definition) is 2. The Kier molecular flexibility index (Phi) is 4.53. The van der Waals surface area contributed by atoms with E-state index >= 15 is 0 Å². The van der Waals surface area contributed by atoms with E-state index in [1.165, 1.54) is 0 Å². The van der Waals surface area contributed by atoms with E-state index in [4.69, 9.17) is 28.3 Å². The number of hydrogen-bond acceptors (Lipinski definition) is 2. The van der Waals surface area contributed by atoms with Crippen molar-refractivity contribution < 1.29 is 9.90 Å². The molecule has 0 saturated heterocycles. The number of benzene rings is 2. The summed E-state index contributed by atoms with van der Waals surface area (Å²) in [6.07, 6.45) is 0. The molecule has 0 aliphatic carbocycles. The topological polar surface area (TPSA) is 49.3 Å². The number of halogens is 2. The molecule has 0 spiro atoms. The smallest absolute Gasteiger partial charge is 0.335 e. The van der Waals surface area contributed by atoms with Crippen LogP contribution in [0.4, 0.5) is 5.69 Å². The number of carboxylic acids is 1. The number of rotatable bonds is 4. The fourth-order valence-electron chi connectivity index (χ4n) is 1.80. The summed E-state index contributed by atoms with van der Waals surface area (Å²) >= 11 is 11.9. The minimum Gasteiger partial charge on any atom is -0.478 e. The SMILES string of the molecule is Cc1ccc(C(=O)O)cc1NCc1ccc(Cl)cc1Cl. The lowest BCUT2D eigenvalue weighted by molar-refractivity contribution is 0.0697. The highest BCUT2D eigenvalue weighted by atomic mass is 35.5. The van der Waals surface area contributed by atoms with Crippen molar-refractivity contribution in [1.82, 2.24) is 0 Å². The van der Waals surface area contributed by atoms with Crippen LogP contribution in [0.25, 0.3) is 0 Å². The largest absolute Gasteiger partial charge is 0.478 e. The molecule has 20 heavy (non-hydrogen) atoms. The highest BCUT2D eigenvalue weighted by Gasteiger charge is 2.07. The highest BCUT2D eigenvalue weighted by Crippen LogP contribution is 2.23. The van der Waals surface area contributed by atoms with Crippen LogP contribution in [0.1, 0.15) is 21.5 Å². The lowest BCUT2D eigenvalue weighted by Crippen LogP contribution is -2.04. The van der Waals surface area contributed by atoms with Crippen molar-refractivity contribution in [2.75, 3.05) is 5.32 Å². The van der Waals surface area contributed by atoms with Crippen molar-refractivity contribution in [3.05, 3.63) is 63.1 Å². The van der Waals surface area contributed by atoms with E-state index in [0.29, 0.717) is 16.6 Å². The van der Waals surface area contributed by atoms with Gasteiger partial charge in [-0.2, -0.15) is 0 Å². The molecule has 0 saturated carbocycles. The molecule has 0 fully saturated rings. The minimum absolute atomic E-state index is 0.250. The summed E-state index contributed by atoms with van der Waals surface area (Å²) in [6.45, 7) is 2.41. The Hall–Kier alpha value is -1.71. The van der Waals surface area contributed by atoms with Gasteiger partial charge in [-0.05, 0) is 42.3 Å². The first-order chi connectivity index (χ1) is 9.47. The molecule has 0 aliphatic rings. The van der Waals surface area contributed by atoms with Crippen LogP contribution in [0.3, 0.4) is 0 Å². The summed E-state index contributed by atoms with van der Waals surface area (Å²) in [7, 11) is 0. The number of nitrogens with one attached hydrogen (secondary N) is 1.